The minimum atomic E-state index is -4.00. The molecule has 1 aromatic heterocycles. The third-order valence-corrected chi connectivity index (χ3v) is 5.79. The van der Waals surface area contributed by atoms with Crippen LogP contribution in [-0.2, 0) is 10.0 Å². The second kappa shape index (κ2) is 7.76. The fourth-order valence-corrected chi connectivity index (χ4v) is 4.36. The van der Waals surface area contributed by atoms with E-state index in [1.807, 2.05) is 0 Å². The number of nitrogens with zero attached hydrogens (tertiary/aromatic N) is 2. The molecule has 0 bridgehead atoms. The number of ether oxygens (including phenoxy) is 2. The lowest BCUT2D eigenvalue weighted by Gasteiger charge is -2.15. The number of sulfonamides is 1. The molecule has 0 amide bonds. The fourth-order valence-electron chi connectivity index (χ4n) is 2.22. The molecular formula is C16H16N4O5S2. The van der Waals surface area contributed by atoms with Crippen LogP contribution in [0.2, 0.25) is 0 Å². The first-order valence-electron chi connectivity index (χ1n) is 7.54. The van der Waals surface area contributed by atoms with E-state index in [9.17, 15) is 13.5 Å². The second-order valence-corrected chi connectivity index (χ2v) is 7.85. The van der Waals surface area contributed by atoms with Crippen molar-refractivity contribution < 1.29 is 23.0 Å². The van der Waals surface area contributed by atoms with Gasteiger partial charge in [0.05, 0.1) is 19.9 Å². The van der Waals surface area contributed by atoms with Crippen molar-refractivity contribution in [1.29, 1.82) is 0 Å². The number of benzene rings is 2. The van der Waals surface area contributed by atoms with Crippen molar-refractivity contribution >= 4 is 27.5 Å². The maximum atomic E-state index is 12.9. The van der Waals surface area contributed by atoms with Crippen LogP contribution in [-0.4, -0.2) is 42.9 Å². The molecular weight excluding hydrogens is 392 g/mol. The third-order valence-electron chi connectivity index (χ3n) is 3.46. The number of methoxy groups -OCH3 is 2. The van der Waals surface area contributed by atoms with E-state index in [4.69, 9.17) is 9.47 Å². The molecule has 0 radical (unpaired) electrons. The van der Waals surface area contributed by atoms with Gasteiger partial charge in [0.1, 0.15) is 28.5 Å². The Labute approximate surface area is 159 Å². The number of phenols is 1. The van der Waals surface area contributed by atoms with E-state index in [0.717, 1.165) is 11.8 Å². The van der Waals surface area contributed by atoms with Gasteiger partial charge in [-0.25, -0.2) is 13.4 Å². The number of hydrogen-bond donors (Lipinski definition) is 3. The SMILES string of the molecule is COc1ccc(OC)c(S(=O)(=O)Nc2ccc(O)cc2Sc2nc[nH]n2)c1. The number of anilines is 1. The topological polar surface area (TPSA) is 126 Å². The minimum absolute atomic E-state index is 0.0186. The van der Waals surface area contributed by atoms with E-state index in [1.165, 1.54) is 50.9 Å². The molecule has 0 aliphatic heterocycles. The summed E-state index contributed by atoms with van der Waals surface area (Å²) in [7, 11) is -1.18. The number of aromatic amines is 1. The van der Waals surface area contributed by atoms with Gasteiger partial charge in [-0.1, -0.05) is 0 Å². The summed E-state index contributed by atoms with van der Waals surface area (Å²) >= 11 is 1.09. The quantitative estimate of drug-likeness (QED) is 0.509. The Hall–Kier alpha value is -2.92. The lowest BCUT2D eigenvalue weighted by molar-refractivity contribution is 0.392. The predicted molar refractivity (Wildman–Crippen MR) is 99.0 cm³/mol. The van der Waals surface area contributed by atoms with E-state index in [1.54, 1.807) is 6.07 Å². The number of rotatable bonds is 7. The zero-order valence-corrected chi connectivity index (χ0v) is 16.0. The summed E-state index contributed by atoms with van der Waals surface area (Å²) in [6, 6.07) is 8.72. The molecule has 0 fully saturated rings. The number of aromatic hydroxyl groups is 1. The molecule has 142 valence electrons. The molecule has 3 N–H and O–H groups in total. The normalized spacial score (nSPS) is 11.2. The summed E-state index contributed by atoms with van der Waals surface area (Å²) in [5.41, 5.74) is 0.257. The predicted octanol–water partition coefficient (Wildman–Crippen LogP) is 2.48. The van der Waals surface area contributed by atoms with Gasteiger partial charge in [-0.05, 0) is 42.1 Å². The molecule has 3 aromatic rings. The van der Waals surface area contributed by atoms with Gasteiger partial charge in [-0.3, -0.25) is 9.82 Å². The van der Waals surface area contributed by atoms with Gasteiger partial charge in [-0.2, -0.15) is 0 Å². The van der Waals surface area contributed by atoms with Crippen LogP contribution < -0.4 is 14.2 Å². The highest BCUT2D eigenvalue weighted by Crippen LogP contribution is 2.36. The zero-order chi connectivity index (χ0) is 19.4. The lowest BCUT2D eigenvalue weighted by Crippen LogP contribution is -2.15. The molecule has 0 spiro atoms. The van der Waals surface area contributed by atoms with E-state index < -0.39 is 10.0 Å². The van der Waals surface area contributed by atoms with E-state index in [-0.39, 0.29) is 22.1 Å². The van der Waals surface area contributed by atoms with Crippen molar-refractivity contribution in [3.63, 3.8) is 0 Å². The fraction of sp³-hybridized carbons (Fsp3) is 0.125. The molecule has 9 nitrogen and oxygen atoms in total. The van der Waals surface area contributed by atoms with E-state index in [2.05, 4.69) is 19.9 Å². The smallest absolute Gasteiger partial charge is 0.265 e. The number of phenolic OH excluding ortho intramolecular Hbond substituents is 1. The summed E-state index contributed by atoms with van der Waals surface area (Å²) < 4.78 is 38.6. The first-order valence-corrected chi connectivity index (χ1v) is 9.84. The van der Waals surface area contributed by atoms with Gasteiger partial charge in [0, 0.05) is 11.0 Å². The summed E-state index contributed by atoms with van der Waals surface area (Å²) in [5, 5.41) is 16.6. The van der Waals surface area contributed by atoms with Crippen molar-refractivity contribution in [3.8, 4) is 17.2 Å². The Morgan fingerprint density at radius 3 is 2.63 bits per heavy atom. The molecule has 3 rings (SSSR count). The number of nitrogens with one attached hydrogen (secondary N) is 2. The van der Waals surface area contributed by atoms with Crippen LogP contribution in [0.1, 0.15) is 0 Å². The van der Waals surface area contributed by atoms with Crippen molar-refractivity contribution in [1.82, 2.24) is 15.2 Å². The third kappa shape index (κ3) is 4.26. The molecule has 0 saturated heterocycles. The van der Waals surface area contributed by atoms with Crippen molar-refractivity contribution in [3.05, 3.63) is 42.7 Å². The van der Waals surface area contributed by atoms with E-state index in [0.29, 0.717) is 15.8 Å². The molecule has 0 saturated carbocycles. The van der Waals surface area contributed by atoms with Crippen LogP contribution in [0.3, 0.4) is 0 Å². The Bertz CT molecular complexity index is 1040. The average Bonchev–Trinajstić information content (AvgIpc) is 3.16. The van der Waals surface area contributed by atoms with Crippen molar-refractivity contribution in [2.24, 2.45) is 0 Å². The maximum absolute atomic E-state index is 12.9. The molecule has 0 atom stereocenters. The standard InChI is InChI=1S/C16H16N4O5S2/c1-24-11-4-6-13(25-2)15(8-11)27(22,23)20-12-5-3-10(21)7-14(12)26-16-17-9-18-19-16/h3-9,20-21H,1-2H3,(H,17,18,19). The Morgan fingerprint density at radius 1 is 1.15 bits per heavy atom. The molecule has 0 unspecified atom stereocenters. The summed E-state index contributed by atoms with van der Waals surface area (Å²) in [6.07, 6.45) is 1.40. The monoisotopic (exact) mass is 408 g/mol. The first kappa shape index (κ1) is 18.9. The summed E-state index contributed by atoms with van der Waals surface area (Å²) in [5.74, 6) is 0.525. The van der Waals surface area contributed by atoms with E-state index >= 15 is 0 Å². The number of aromatic nitrogens is 3. The lowest BCUT2D eigenvalue weighted by atomic mass is 10.3. The van der Waals surface area contributed by atoms with Gasteiger partial charge >= 0.3 is 0 Å². The largest absolute Gasteiger partial charge is 0.508 e. The Kier molecular flexibility index (Phi) is 5.42. The Balaban J connectivity index is 1.99. The van der Waals surface area contributed by atoms with Crippen LogP contribution in [0.5, 0.6) is 17.2 Å². The molecule has 1 heterocycles. The van der Waals surface area contributed by atoms with Crippen molar-refractivity contribution in [2.45, 2.75) is 14.9 Å². The van der Waals surface area contributed by atoms with Crippen LogP contribution >= 0.6 is 11.8 Å². The van der Waals surface area contributed by atoms with Gasteiger partial charge in [0.25, 0.3) is 10.0 Å². The summed E-state index contributed by atoms with van der Waals surface area (Å²) in [4.78, 5) is 4.34. The van der Waals surface area contributed by atoms with Crippen LogP contribution in [0.15, 0.2) is 57.7 Å². The average molecular weight is 408 g/mol. The van der Waals surface area contributed by atoms with Gasteiger partial charge in [-0.15, -0.1) is 5.10 Å². The molecule has 0 aliphatic carbocycles. The van der Waals surface area contributed by atoms with Crippen LogP contribution in [0, 0.1) is 0 Å². The van der Waals surface area contributed by atoms with Crippen molar-refractivity contribution in [2.75, 3.05) is 18.9 Å². The highest BCUT2D eigenvalue weighted by Gasteiger charge is 2.22. The zero-order valence-electron chi connectivity index (χ0n) is 14.3. The highest BCUT2D eigenvalue weighted by molar-refractivity contribution is 7.99. The van der Waals surface area contributed by atoms with Gasteiger partial charge in [0.2, 0.25) is 5.16 Å². The Morgan fingerprint density at radius 2 is 1.96 bits per heavy atom. The van der Waals surface area contributed by atoms with Gasteiger partial charge < -0.3 is 14.6 Å². The molecule has 11 heteroatoms. The maximum Gasteiger partial charge on any atom is 0.265 e. The second-order valence-electron chi connectivity index (χ2n) is 5.19. The van der Waals surface area contributed by atoms with Gasteiger partial charge in [0.15, 0.2) is 0 Å². The molecule has 2 aromatic carbocycles. The summed E-state index contributed by atoms with van der Waals surface area (Å²) in [6.45, 7) is 0. The van der Waals surface area contributed by atoms with Crippen LogP contribution in [0.4, 0.5) is 5.69 Å². The van der Waals surface area contributed by atoms with Crippen LogP contribution in [0.25, 0.3) is 0 Å². The molecule has 27 heavy (non-hydrogen) atoms. The molecule has 0 aliphatic rings. The minimum Gasteiger partial charge on any atom is -0.508 e. The first-order chi connectivity index (χ1) is 12.9. The number of H-pyrrole nitrogens is 1. The number of hydrogen-bond acceptors (Lipinski definition) is 8. The highest BCUT2D eigenvalue weighted by atomic mass is 32.2.